The molecule has 0 bridgehead atoms. The number of amides is 4. The highest BCUT2D eigenvalue weighted by Crippen LogP contribution is 2.14. The molecule has 0 aromatic rings. The standard InChI is InChI=1S/C18H23N3O3/c1-6-10-13(15(7-2)20(4)5)11-9-12-14-16(22)19-18(24)21(8-3)17(14)23/h6-7,9-12H,2,8H2,1,3-5H3,(H,19,22,24)/b10-6-,11-9+,14-12+,15-13-. The fourth-order valence-electron chi connectivity index (χ4n) is 2.21. The normalized spacial score (nSPS) is 18.4. The van der Waals surface area contributed by atoms with Crippen molar-refractivity contribution in [1.82, 2.24) is 15.1 Å². The third-order valence-electron chi connectivity index (χ3n) is 3.36. The van der Waals surface area contributed by atoms with Crippen LogP contribution in [0.15, 0.2) is 59.9 Å². The maximum atomic E-state index is 12.2. The number of imide groups is 2. The van der Waals surface area contributed by atoms with E-state index in [9.17, 15) is 14.4 Å². The summed E-state index contributed by atoms with van der Waals surface area (Å²) in [5, 5.41) is 2.15. The van der Waals surface area contributed by atoms with Crippen molar-refractivity contribution in [1.29, 1.82) is 0 Å². The van der Waals surface area contributed by atoms with Gasteiger partial charge in [0, 0.05) is 26.3 Å². The number of rotatable bonds is 6. The van der Waals surface area contributed by atoms with Gasteiger partial charge in [0.05, 0.1) is 0 Å². The predicted molar refractivity (Wildman–Crippen MR) is 93.9 cm³/mol. The third-order valence-corrected chi connectivity index (χ3v) is 3.36. The molecule has 1 saturated heterocycles. The maximum absolute atomic E-state index is 12.2. The van der Waals surface area contributed by atoms with Crippen LogP contribution >= 0.6 is 0 Å². The van der Waals surface area contributed by atoms with Gasteiger partial charge in [0.15, 0.2) is 0 Å². The summed E-state index contributed by atoms with van der Waals surface area (Å²) in [6.45, 7) is 7.55. The van der Waals surface area contributed by atoms with Crippen molar-refractivity contribution in [3.8, 4) is 0 Å². The molecule has 6 heteroatoms. The molecular weight excluding hydrogens is 306 g/mol. The molecule has 4 amide bonds. The summed E-state index contributed by atoms with van der Waals surface area (Å²) in [5.41, 5.74) is 1.70. The van der Waals surface area contributed by atoms with Gasteiger partial charge in [-0.05, 0) is 31.6 Å². The summed E-state index contributed by atoms with van der Waals surface area (Å²) < 4.78 is 0. The van der Waals surface area contributed by atoms with Crippen LogP contribution in [0, 0.1) is 0 Å². The molecule has 0 spiro atoms. The van der Waals surface area contributed by atoms with Crippen LogP contribution in [0.2, 0.25) is 0 Å². The fraction of sp³-hybridized carbons (Fsp3) is 0.278. The van der Waals surface area contributed by atoms with Gasteiger partial charge < -0.3 is 4.90 Å². The Morgan fingerprint density at radius 3 is 2.42 bits per heavy atom. The molecule has 1 heterocycles. The van der Waals surface area contributed by atoms with Crippen LogP contribution < -0.4 is 5.32 Å². The first-order chi connectivity index (χ1) is 11.4. The van der Waals surface area contributed by atoms with Gasteiger partial charge >= 0.3 is 6.03 Å². The zero-order valence-corrected chi connectivity index (χ0v) is 14.5. The van der Waals surface area contributed by atoms with Crippen LogP contribution in [0.3, 0.4) is 0 Å². The van der Waals surface area contributed by atoms with Gasteiger partial charge in [-0.15, -0.1) is 0 Å². The van der Waals surface area contributed by atoms with E-state index in [1.54, 1.807) is 25.2 Å². The van der Waals surface area contributed by atoms with Crippen LogP contribution in [0.4, 0.5) is 4.79 Å². The zero-order valence-electron chi connectivity index (χ0n) is 14.5. The molecule has 1 fully saturated rings. The Hall–Kier alpha value is -2.89. The monoisotopic (exact) mass is 329 g/mol. The summed E-state index contributed by atoms with van der Waals surface area (Å²) in [5.74, 6) is -1.28. The van der Waals surface area contributed by atoms with E-state index in [-0.39, 0.29) is 12.1 Å². The lowest BCUT2D eigenvalue weighted by Crippen LogP contribution is -2.53. The predicted octanol–water partition coefficient (Wildman–Crippen LogP) is 2.15. The number of hydrogen-bond donors (Lipinski definition) is 1. The molecule has 24 heavy (non-hydrogen) atoms. The highest BCUT2D eigenvalue weighted by molar-refractivity contribution is 6.28. The average Bonchev–Trinajstić information content (AvgIpc) is 2.50. The quantitative estimate of drug-likeness (QED) is 0.460. The van der Waals surface area contributed by atoms with Crippen molar-refractivity contribution >= 4 is 17.8 Å². The van der Waals surface area contributed by atoms with Crippen LogP contribution in [0.25, 0.3) is 0 Å². The van der Waals surface area contributed by atoms with Gasteiger partial charge in [-0.3, -0.25) is 19.8 Å². The van der Waals surface area contributed by atoms with Gasteiger partial charge in [-0.2, -0.15) is 0 Å². The molecule has 0 radical (unpaired) electrons. The third kappa shape index (κ3) is 4.32. The Balaban J connectivity index is 3.18. The lowest BCUT2D eigenvalue weighted by molar-refractivity contribution is -0.130. The Labute approximate surface area is 142 Å². The van der Waals surface area contributed by atoms with Gasteiger partial charge in [-0.25, -0.2) is 4.79 Å². The van der Waals surface area contributed by atoms with Crippen LogP contribution in [-0.2, 0) is 9.59 Å². The largest absolute Gasteiger partial charge is 0.377 e. The molecule has 0 aromatic carbocycles. The van der Waals surface area contributed by atoms with Crippen molar-refractivity contribution in [2.24, 2.45) is 0 Å². The van der Waals surface area contributed by atoms with Crippen molar-refractivity contribution in [3.05, 3.63) is 59.9 Å². The molecule has 1 rings (SSSR count). The van der Waals surface area contributed by atoms with Crippen molar-refractivity contribution in [3.63, 3.8) is 0 Å². The topological polar surface area (TPSA) is 69.7 Å². The van der Waals surface area contributed by atoms with E-state index in [4.69, 9.17) is 0 Å². The number of nitrogens with zero attached hydrogens (tertiary/aromatic N) is 2. The van der Waals surface area contributed by atoms with Gasteiger partial charge in [0.1, 0.15) is 5.57 Å². The minimum Gasteiger partial charge on any atom is -0.377 e. The van der Waals surface area contributed by atoms with E-state index in [0.717, 1.165) is 16.2 Å². The second kappa shape index (κ2) is 8.67. The molecule has 1 aliphatic heterocycles. The summed E-state index contributed by atoms with van der Waals surface area (Å²) in [4.78, 5) is 38.5. The average molecular weight is 329 g/mol. The first-order valence-corrected chi connectivity index (χ1v) is 7.59. The molecule has 0 aliphatic carbocycles. The van der Waals surface area contributed by atoms with E-state index in [2.05, 4.69) is 11.9 Å². The lowest BCUT2D eigenvalue weighted by atomic mass is 10.1. The Morgan fingerprint density at radius 2 is 1.92 bits per heavy atom. The van der Waals surface area contributed by atoms with Gasteiger partial charge in [0.25, 0.3) is 11.8 Å². The van der Waals surface area contributed by atoms with Gasteiger partial charge in [0.2, 0.25) is 0 Å². The molecule has 0 unspecified atom stereocenters. The van der Waals surface area contributed by atoms with E-state index < -0.39 is 17.8 Å². The molecule has 0 aromatic heterocycles. The molecule has 1 N–H and O–H groups in total. The van der Waals surface area contributed by atoms with Crippen LogP contribution in [0.5, 0.6) is 0 Å². The molecule has 6 nitrogen and oxygen atoms in total. The van der Waals surface area contributed by atoms with Crippen molar-refractivity contribution < 1.29 is 14.4 Å². The Kier molecular flexibility index (Phi) is 6.92. The van der Waals surface area contributed by atoms with E-state index in [1.165, 1.54) is 6.08 Å². The molecule has 0 atom stereocenters. The summed E-state index contributed by atoms with van der Waals surface area (Å²) in [7, 11) is 3.80. The minimum absolute atomic E-state index is 0.0717. The minimum atomic E-state index is -0.690. The number of likely N-dealkylation sites (N-methyl/N-ethyl adjacent to an activating group) is 2. The molecule has 0 saturated carbocycles. The first kappa shape index (κ1) is 19.2. The van der Waals surface area contributed by atoms with E-state index >= 15 is 0 Å². The number of nitrogens with one attached hydrogen (secondary N) is 1. The molecular formula is C18H23N3O3. The fourth-order valence-corrected chi connectivity index (χ4v) is 2.21. The van der Waals surface area contributed by atoms with Gasteiger partial charge in [-0.1, -0.05) is 30.9 Å². The smallest absolute Gasteiger partial charge is 0.331 e. The first-order valence-electron chi connectivity index (χ1n) is 7.59. The summed E-state index contributed by atoms with van der Waals surface area (Å²) in [6, 6.07) is -0.690. The number of allylic oxidation sites excluding steroid dienone is 7. The van der Waals surface area contributed by atoms with E-state index in [0.29, 0.717) is 0 Å². The molecule has 128 valence electrons. The number of barbiturate groups is 1. The lowest BCUT2D eigenvalue weighted by Gasteiger charge is -2.24. The van der Waals surface area contributed by atoms with Crippen molar-refractivity contribution in [2.75, 3.05) is 20.6 Å². The second-order valence-electron chi connectivity index (χ2n) is 5.19. The number of carbonyl (C=O) groups excluding carboxylic acids is 3. The summed E-state index contributed by atoms with van der Waals surface area (Å²) in [6.07, 6.45) is 10.3. The number of hydrogen-bond acceptors (Lipinski definition) is 4. The SMILES string of the molecule is C=C/C(=C(\C=C/C)/C=C/C=C1\C(=O)NC(=O)N(CC)C1=O)N(C)C. The van der Waals surface area contributed by atoms with Crippen LogP contribution in [-0.4, -0.2) is 48.3 Å². The number of urea groups is 1. The van der Waals surface area contributed by atoms with Crippen LogP contribution in [0.1, 0.15) is 13.8 Å². The highest BCUT2D eigenvalue weighted by Gasteiger charge is 2.34. The number of carbonyl (C=O) groups is 3. The summed E-state index contributed by atoms with van der Waals surface area (Å²) >= 11 is 0. The van der Waals surface area contributed by atoms with Crippen molar-refractivity contribution in [2.45, 2.75) is 13.8 Å². The Morgan fingerprint density at radius 1 is 1.25 bits per heavy atom. The van der Waals surface area contributed by atoms with E-state index in [1.807, 2.05) is 38.1 Å². The Bertz CT molecular complexity index is 667. The maximum Gasteiger partial charge on any atom is 0.331 e. The highest BCUT2D eigenvalue weighted by atomic mass is 16.2. The zero-order chi connectivity index (χ0) is 18.3. The second-order valence-corrected chi connectivity index (χ2v) is 5.19. The molecule has 1 aliphatic rings.